The van der Waals surface area contributed by atoms with E-state index in [1.807, 2.05) is 6.07 Å². The van der Waals surface area contributed by atoms with Gasteiger partial charge in [-0.1, -0.05) is 24.3 Å². The minimum Gasteiger partial charge on any atom is -0.495 e. The van der Waals surface area contributed by atoms with Crippen LogP contribution in [-0.2, 0) is 0 Å². The molecular formula is C16H15N3O2. The molecule has 0 radical (unpaired) electrons. The van der Waals surface area contributed by atoms with Crippen LogP contribution in [0.2, 0.25) is 0 Å². The van der Waals surface area contributed by atoms with Crippen LogP contribution in [0.5, 0.6) is 5.75 Å². The highest BCUT2D eigenvalue weighted by atomic mass is 16.5. The van der Waals surface area contributed by atoms with Crippen molar-refractivity contribution in [3.05, 3.63) is 54.1 Å². The van der Waals surface area contributed by atoms with Crippen molar-refractivity contribution in [1.82, 2.24) is 0 Å². The average Bonchev–Trinajstić information content (AvgIpc) is 2.54. The molecule has 106 valence electrons. The predicted octanol–water partition coefficient (Wildman–Crippen LogP) is 3.24. The van der Waals surface area contributed by atoms with Crippen molar-refractivity contribution in [2.24, 2.45) is 0 Å². The van der Waals surface area contributed by atoms with Crippen molar-refractivity contribution in [2.45, 2.75) is 0 Å². The van der Waals surface area contributed by atoms with Crippen LogP contribution in [0.3, 0.4) is 0 Å². The SMILES string of the molecule is COc1ccccc1NC(=O)N(C)c1ccccc1C#N. The number of benzene rings is 2. The molecular weight excluding hydrogens is 266 g/mol. The molecule has 0 saturated heterocycles. The van der Waals surface area contributed by atoms with Crippen molar-refractivity contribution in [3.63, 3.8) is 0 Å². The zero-order valence-electron chi connectivity index (χ0n) is 11.8. The van der Waals surface area contributed by atoms with Gasteiger partial charge in [0.1, 0.15) is 11.8 Å². The monoisotopic (exact) mass is 281 g/mol. The van der Waals surface area contributed by atoms with E-state index in [0.29, 0.717) is 22.7 Å². The Morgan fingerprint density at radius 2 is 1.86 bits per heavy atom. The van der Waals surface area contributed by atoms with Gasteiger partial charge in [-0.15, -0.1) is 0 Å². The maximum absolute atomic E-state index is 12.3. The molecule has 0 fully saturated rings. The summed E-state index contributed by atoms with van der Waals surface area (Å²) in [5.41, 5.74) is 1.56. The lowest BCUT2D eigenvalue weighted by atomic mass is 10.2. The predicted molar refractivity (Wildman–Crippen MR) is 81.6 cm³/mol. The lowest BCUT2D eigenvalue weighted by Crippen LogP contribution is -2.31. The highest BCUT2D eigenvalue weighted by molar-refractivity contribution is 6.02. The molecule has 2 rings (SSSR count). The van der Waals surface area contributed by atoms with Crippen molar-refractivity contribution >= 4 is 17.4 Å². The molecule has 0 saturated carbocycles. The molecule has 5 nitrogen and oxygen atoms in total. The van der Waals surface area contributed by atoms with Crippen LogP contribution in [0, 0.1) is 11.3 Å². The second kappa shape index (κ2) is 6.44. The summed E-state index contributed by atoms with van der Waals surface area (Å²) < 4.78 is 5.19. The third-order valence-electron chi connectivity index (χ3n) is 3.04. The molecule has 2 aromatic carbocycles. The summed E-state index contributed by atoms with van der Waals surface area (Å²) in [7, 11) is 3.15. The number of rotatable bonds is 3. The number of hydrogen-bond donors (Lipinski definition) is 1. The van der Waals surface area contributed by atoms with E-state index in [-0.39, 0.29) is 6.03 Å². The van der Waals surface area contributed by atoms with E-state index in [1.54, 1.807) is 56.6 Å². The van der Waals surface area contributed by atoms with Gasteiger partial charge in [0.05, 0.1) is 24.0 Å². The number of hydrogen-bond acceptors (Lipinski definition) is 3. The molecule has 0 aromatic heterocycles. The summed E-state index contributed by atoms with van der Waals surface area (Å²) >= 11 is 0. The number of anilines is 2. The molecule has 1 N–H and O–H groups in total. The Morgan fingerprint density at radius 1 is 1.19 bits per heavy atom. The molecule has 0 unspecified atom stereocenters. The van der Waals surface area contributed by atoms with Crippen LogP contribution in [0.4, 0.5) is 16.2 Å². The van der Waals surface area contributed by atoms with E-state index in [0.717, 1.165) is 0 Å². The first-order chi connectivity index (χ1) is 10.2. The van der Waals surface area contributed by atoms with E-state index in [1.165, 1.54) is 4.90 Å². The summed E-state index contributed by atoms with van der Waals surface area (Å²) in [5, 5.41) is 11.9. The van der Waals surface area contributed by atoms with Gasteiger partial charge in [-0.25, -0.2) is 4.79 Å². The number of para-hydroxylation sites is 3. The van der Waals surface area contributed by atoms with Crippen LogP contribution < -0.4 is 15.0 Å². The minimum atomic E-state index is -0.345. The normalized spacial score (nSPS) is 9.57. The van der Waals surface area contributed by atoms with Crippen LogP contribution in [0.25, 0.3) is 0 Å². The Balaban J connectivity index is 2.22. The first kappa shape index (κ1) is 14.4. The Kier molecular flexibility index (Phi) is 4.42. The first-order valence-corrected chi connectivity index (χ1v) is 6.34. The molecule has 2 amide bonds. The molecule has 0 bridgehead atoms. The van der Waals surface area contributed by atoms with E-state index in [2.05, 4.69) is 11.4 Å². The standard InChI is InChI=1S/C16H15N3O2/c1-19(14-9-5-3-7-12(14)11-17)16(20)18-13-8-4-6-10-15(13)21-2/h3-10H,1-2H3,(H,18,20). The zero-order chi connectivity index (χ0) is 15.2. The van der Waals surface area contributed by atoms with E-state index >= 15 is 0 Å². The van der Waals surface area contributed by atoms with Gasteiger partial charge in [-0.3, -0.25) is 4.90 Å². The number of nitrogens with zero attached hydrogens (tertiary/aromatic N) is 2. The highest BCUT2D eigenvalue weighted by Gasteiger charge is 2.15. The number of nitrogens with one attached hydrogen (secondary N) is 1. The van der Waals surface area contributed by atoms with E-state index < -0.39 is 0 Å². The number of methoxy groups -OCH3 is 1. The number of carbonyl (C=O) groups excluding carboxylic acids is 1. The largest absolute Gasteiger partial charge is 0.495 e. The lowest BCUT2D eigenvalue weighted by Gasteiger charge is -2.20. The van der Waals surface area contributed by atoms with Gasteiger partial charge < -0.3 is 10.1 Å². The van der Waals surface area contributed by atoms with Crippen LogP contribution in [0.1, 0.15) is 5.56 Å². The number of ether oxygens (including phenoxy) is 1. The Morgan fingerprint density at radius 3 is 2.57 bits per heavy atom. The maximum atomic E-state index is 12.3. The fourth-order valence-electron chi connectivity index (χ4n) is 1.92. The Bertz CT molecular complexity index is 692. The Labute approximate surface area is 123 Å². The smallest absolute Gasteiger partial charge is 0.326 e. The van der Waals surface area contributed by atoms with E-state index in [9.17, 15) is 4.79 Å². The third-order valence-corrected chi connectivity index (χ3v) is 3.04. The topological polar surface area (TPSA) is 65.4 Å². The van der Waals surface area contributed by atoms with Gasteiger partial charge in [0.15, 0.2) is 0 Å². The van der Waals surface area contributed by atoms with Crippen molar-refractivity contribution < 1.29 is 9.53 Å². The second-order valence-corrected chi connectivity index (χ2v) is 4.32. The summed E-state index contributed by atoms with van der Waals surface area (Å²) in [5.74, 6) is 0.577. The average molecular weight is 281 g/mol. The van der Waals surface area contributed by atoms with Gasteiger partial charge in [0, 0.05) is 7.05 Å². The molecule has 2 aromatic rings. The highest BCUT2D eigenvalue weighted by Crippen LogP contribution is 2.25. The second-order valence-electron chi connectivity index (χ2n) is 4.32. The van der Waals surface area contributed by atoms with Gasteiger partial charge in [0.25, 0.3) is 0 Å². The van der Waals surface area contributed by atoms with Crippen LogP contribution in [0.15, 0.2) is 48.5 Å². The molecule has 0 atom stereocenters. The molecule has 5 heteroatoms. The minimum absolute atomic E-state index is 0.345. The van der Waals surface area contributed by atoms with Crippen LogP contribution in [-0.4, -0.2) is 20.2 Å². The van der Waals surface area contributed by atoms with Crippen LogP contribution >= 0.6 is 0 Å². The molecule has 21 heavy (non-hydrogen) atoms. The maximum Gasteiger partial charge on any atom is 0.326 e. The zero-order valence-corrected chi connectivity index (χ0v) is 11.8. The Hall–Kier alpha value is -3.00. The molecule has 0 spiro atoms. The molecule has 0 aliphatic rings. The fraction of sp³-hybridized carbons (Fsp3) is 0.125. The van der Waals surface area contributed by atoms with Crippen molar-refractivity contribution in [3.8, 4) is 11.8 Å². The van der Waals surface area contributed by atoms with Crippen molar-refractivity contribution in [1.29, 1.82) is 5.26 Å². The van der Waals surface area contributed by atoms with Crippen molar-refractivity contribution in [2.75, 3.05) is 24.4 Å². The summed E-state index contributed by atoms with van der Waals surface area (Å²) in [6.07, 6.45) is 0. The van der Waals surface area contributed by atoms with Gasteiger partial charge in [0.2, 0.25) is 0 Å². The van der Waals surface area contributed by atoms with Gasteiger partial charge in [-0.2, -0.15) is 5.26 Å². The number of carbonyl (C=O) groups is 1. The number of urea groups is 1. The van der Waals surface area contributed by atoms with Gasteiger partial charge in [-0.05, 0) is 24.3 Å². The summed E-state index contributed by atoms with van der Waals surface area (Å²) in [4.78, 5) is 13.7. The fourth-order valence-corrected chi connectivity index (χ4v) is 1.92. The quantitative estimate of drug-likeness (QED) is 0.939. The first-order valence-electron chi connectivity index (χ1n) is 6.34. The van der Waals surface area contributed by atoms with E-state index in [4.69, 9.17) is 10.00 Å². The molecule has 0 aliphatic carbocycles. The number of nitriles is 1. The molecule has 0 heterocycles. The molecule has 0 aliphatic heterocycles. The lowest BCUT2D eigenvalue weighted by molar-refractivity contribution is 0.258. The summed E-state index contributed by atoms with van der Waals surface area (Å²) in [6, 6.07) is 15.8. The third kappa shape index (κ3) is 3.12. The summed E-state index contributed by atoms with van der Waals surface area (Å²) in [6.45, 7) is 0. The van der Waals surface area contributed by atoms with Gasteiger partial charge >= 0.3 is 6.03 Å². The number of amides is 2.